The van der Waals surface area contributed by atoms with Gasteiger partial charge in [-0.3, -0.25) is 9.59 Å². The summed E-state index contributed by atoms with van der Waals surface area (Å²) in [5.74, 6) is 0.577. The number of carbonyl (C=O) groups excluding carboxylic acids is 2. The Kier molecular flexibility index (Phi) is 8.14. The molecule has 5 nitrogen and oxygen atoms in total. The minimum atomic E-state index is -0.103. The number of methoxy groups -OCH3 is 1. The van der Waals surface area contributed by atoms with Crippen molar-refractivity contribution in [3.8, 4) is 5.75 Å². The van der Waals surface area contributed by atoms with Crippen LogP contribution in [-0.2, 0) is 24.3 Å². The predicted molar refractivity (Wildman–Crippen MR) is 143 cm³/mol. The van der Waals surface area contributed by atoms with Gasteiger partial charge < -0.3 is 15.0 Å². The number of rotatable bonds is 9. The summed E-state index contributed by atoms with van der Waals surface area (Å²) in [6, 6.07) is 32.7. The quantitative estimate of drug-likeness (QED) is 0.335. The minimum absolute atomic E-state index is 0.0480. The fourth-order valence-corrected chi connectivity index (χ4v) is 3.97. The first-order valence-electron chi connectivity index (χ1n) is 11.9. The average Bonchev–Trinajstić information content (AvgIpc) is 2.92. The Morgan fingerprint density at radius 1 is 0.778 bits per heavy atom. The molecule has 0 unspecified atom stereocenters. The van der Waals surface area contributed by atoms with Crippen molar-refractivity contribution >= 4 is 17.5 Å². The van der Waals surface area contributed by atoms with E-state index in [-0.39, 0.29) is 18.2 Å². The molecular weight excluding hydrogens is 448 g/mol. The Morgan fingerprint density at radius 2 is 1.44 bits per heavy atom. The molecule has 4 rings (SSSR count). The lowest BCUT2D eigenvalue weighted by Crippen LogP contribution is -2.30. The second kappa shape index (κ2) is 11.8. The third-order valence-corrected chi connectivity index (χ3v) is 6.01. The van der Waals surface area contributed by atoms with Gasteiger partial charge in [-0.2, -0.15) is 0 Å². The van der Waals surface area contributed by atoms with E-state index < -0.39 is 0 Å². The van der Waals surface area contributed by atoms with Crippen molar-refractivity contribution in [2.75, 3.05) is 12.0 Å². The molecule has 5 heteroatoms. The number of ether oxygens (including phenoxy) is 1. The van der Waals surface area contributed by atoms with E-state index >= 15 is 0 Å². The van der Waals surface area contributed by atoms with Gasteiger partial charge in [-0.1, -0.05) is 78.4 Å². The molecule has 0 aliphatic heterocycles. The number of hydrogen-bond acceptors (Lipinski definition) is 3. The van der Waals surface area contributed by atoms with Crippen LogP contribution < -0.4 is 15.0 Å². The molecule has 0 aliphatic rings. The maximum Gasteiger partial charge on any atom is 0.258 e. The normalized spacial score (nSPS) is 10.5. The first-order valence-corrected chi connectivity index (χ1v) is 11.9. The lowest BCUT2D eigenvalue weighted by Gasteiger charge is -2.24. The molecule has 0 saturated heterocycles. The van der Waals surface area contributed by atoms with Crippen LogP contribution in [0.25, 0.3) is 0 Å². The fourth-order valence-electron chi connectivity index (χ4n) is 3.97. The number of para-hydroxylation sites is 1. The summed E-state index contributed by atoms with van der Waals surface area (Å²) in [7, 11) is 1.63. The van der Waals surface area contributed by atoms with Crippen LogP contribution in [0.5, 0.6) is 5.75 Å². The molecule has 0 aromatic heterocycles. The zero-order chi connectivity index (χ0) is 25.3. The smallest absolute Gasteiger partial charge is 0.258 e. The number of anilines is 1. The zero-order valence-corrected chi connectivity index (χ0v) is 20.6. The first-order chi connectivity index (χ1) is 17.5. The van der Waals surface area contributed by atoms with Crippen molar-refractivity contribution < 1.29 is 14.3 Å². The zero-order valence-electron chi connectivity index (χ0n) is 20.6. The molecule has 0 fully saturated rings. The highest BCUT2D eigenvalue weighted by atomic mass is 16.5. The van der Waals surface area contributed by atoms with Gasteiger partial charge in [0.15, 0.2) is 0 Å². The lowest BCUT2D eigenvalue weighted by atomic mass is 10.1. The molecule has 36 heavy (non-hydrogen) atoms. The summed E-state index contributed by atoms with van der Waals surface area (Å²) in [6.07, 6.45) is 0.269. The van der Waals surface area contributed by atoms with E-state index in [0.717, 1.165) is 33.7 Å². The van der Waals surface area contributed by atoms with E-state index in [2.05, 4.69) is 5.32 Å². The van der Waals surface area contributed by atoms with Gasteiger partial charge in [-0.25, -0.2) is 0 Å². The average molecular weight is 479 g/mol. The van der Waals surface area contributed by atoms with Gasteiger partial charge in [0.25, 0.3) is 5.91 Å². The highest BCUT2D eigenvalue weighted by Crippen LogP contribution is 2.25. The fraction of sp³-hybridized carbons (Fsp3) is 0.161. The van der Waals surface area contributed by atoms with Crippen LogP contribution in [0.2, 0.25) is 0 Å². The van der Waals surface area contributed by atoms with Crippen LogP contribution in [0, 0.1) is 6.92 Å². The molecule has 0 saturated carbocycles. The Bertz CT molecular complexity index is 1300. The van der Waals surface area contributed by atoms with E-state index in [1.807, 2.05) is 110 Å². The van der Waals surface area contributed by atoms with E-state index in [0.29, 0.717) is 18.7 Å². The first kappa shape index (κ1) is 24.7. The summed E-state index contributed by atoms with van der Waals surface area (Å²) in [5.41, 5.74) is 5.30. The summed E-state index contributed by atoms with van der Waals surface area (Å²) in [4.78, 5) is 27.7. The van der Waals surface area contributed by atoms with Gasteiger partial charge in [0.05, 0.1) is 20.1 Å². The molecular formula is C31H30N2O3. The molecule has 182 valence electrons. The van der Waals surface area contributed by atoms with Crippen molar-refractivity contribution in [1.29, 1.82) is 0 Å². The molecule has 0 bridgehead atoms. The molecule has 1 N–H and O–H groups in total. The van der Waals surface area contributed by atoms with Crippen LogP contribution in [0.3, 0.4) is 0 Å². The SMILES string of the molecule is COc1ccccc1CN(C(=O)c1ccc(C)cc1)c1ccc(CC(=O)NCc2ccccc2)cc1. The molecule has 2 amide bonds. The molecule has 4 aromatic rings. The van der Waals surface area contributed by atoms with Gasteiger partial charge in [0, 0.05) is 23.4 Å². The van der Waals surface area contributed by atoms with Crippen molar-refractivity contribution in [3.63, 3.8) is 0 Å². The van der Waals surface area contributed by atoms with Gasteiger partial charge in [0.1, 0.15) is 5.75 Å². The van der Waals surface area contributed by atoms with Crippen LogP contribution >= 0.6 is 0 Å². The summed E-state index contributed by atoms with van der Waals surface area (Å²) in [5, 5.41) is 2.96. The maximum absolute atomic E-state index is 13.6. The summed E-state index contributed by atoms with van der Waals surface area (Å²) < 4.78 is 5.52. The van der Waals surface area contributed by atoms with E-state index in [1.54, 1.807) is 12.0 Å². The Morgan fingerprint density at radius 3 is 2.14 bits per heavy atom. The van der Waals surface area contributed by atoms with Gasteiger partial charge in [-0.05, 0) is 48.4 Å². The lowest BCUT2D eigenvalue weighted by molar-refractivity contribution is -0.120. The van der Waals surface area contributed by atoms with Crippen molar-refractivity contribution in [2.24, 2.45) is 0 Å². The highest BCUT2D eigenvalue weighted by molar-refractivity contribution is 6.06. The van der Waals surface area contributed by atoms with Gasteiger partial charge in [-0.15, -0.1) is 0 Å². The Hall–Kier alpha value is -4.38. The van der Waals surface area contributed by atoms with E-state index in [9.17, 15) is 9.59 Å². The number of carbonyl (C=O) groups is 2. The highest BCUT2D eigenvalue weighted by Gasteiger charge is 2.20. The van der Waals surface area contributed by atoms with Crippen molar-refractivity contribution in [1.82, 2.24) is 5.32 Å². The standard InChI is InChI=1S/C31H30N2O3/c1-23-12-16-26(17-13-23)31(35)33(22-27-10-6-7-11-29(27)36-2)28-18-14-24(15-19-28)20-30(34)32-21-25-8-4-3-5-9-25/h3-19H,20-22H2,1-2H3,(H,32,34). The van der Waals surface area contributed by atoms with Crippen LogP contribution in [-0.4, -0.2) is 18.9 Å². The maximum atomic E-state index is 13.6. The summed E-state index contributed by atoms with van der Waals surface area (Å²) >= 11 is 0. The van der Waals surface area contributed by atoms with Crippen molar-refractivity contribution in [2.45, 2.75) is 26.4 Å². The molecule has 0 atom stereocenters. The number of nitrogens with one attached hydrogen (secondary N) is 1. The third-order valence-electron chi connectivity index (χ3n) is 6.01. The second-order valence-corrected chi connectivity index (χ2v) is 8.67. The molecule has 0 spiro atoms. The molecule has 4 aromatic carbocycles. The van der Waals surface area contributed by atoms with Gasteiger partial charge >= 0.3 is 0 Å². The molecule has 0 aliphatic carbocycles. The van der Waals surface area contributed by atoms with Crippen LogP contribution in [0.1, 0.15) is 32.6 Å². The monoisotopic (exact) mass is 478 g/mol. The van der Waals surface area contributed by atoms with E-state index in [4.69, 9.17) is 4.74 Å². The Labute approximate surface area is 212 Å². The number of benzene rings is 4. The number of amides is 2. The number of aryl methyl sites for hydroxylation is 1. The largest absolute Gasteiger partial charge is 0.496 e. The molecule has 0 radical (unpaired) electrons. The van der Waals surface area contributed by atoms with Crippen LogP contribution in [0.4, 0.5) is 5.69 Å². The predicted octanol–water partition coefficient (Wildman–Crippen LogP) is 5.71. The Balaban J connectivity index is 1.52. The van der Waals surface area contributed by atoms with Gasteiger partial charge in [0.2, 0.25) is 5.91 Å². The van der Waals surface area contributed by atoms with E-state index in [1.165, 1.54) is 0 Å². The second-order valence-electron chi connectivity index (χ2n) is 8.67. The summed E-state index contributed by atoms with van der Waals surface area (Å²) in [6.45, 7) is 2.85. The topological polar surface area (TPSA) is 58.6 Å². The molecule has 0 heterocycles. The van der Waals surface area contributed by atoms with Crippen LogP contribution in [0.15, 0.2) is 103 Å². The minimum Gasteiger partial charge on any atom is -0.496 e. The van der Waals surface area contributed by atoms with Crippen molar-refractivity contribution in [3.05, 3.63) is 131 Å². The number of nitrogens with zero attached hydrogens (tertiary/aromatic N) is 1. The number of hydrogen-bond donors (Lipinski definition) is 1. The third kappa shape index (κ3) is 6.39.